The standard InChI is InChI=1S/C15H17NO/c1-12-5-2-3-7-14(12)15(10-16-11-15)9-13-6-4-8-17-13/h2-8,16H,9-11H2,1H3. The average molecular weight is 227 g/mol. The molecule has 0 aliphatic carbocycles. The van der Waals surface area contributed by atoms with Gasteiger partial charge in [0, 0.05) is 24.9 Å². The molecule has 0 atom stereocenters. The van der Waals surface area contributed by atoms with Gasteiger partial charge in [0.1, 0.15) is 5.76 Å². The van der Waals surface area contributed by atoms with E-state index in [-0.39, 0.29) is 5.41 Å². The molecule has 88 valence electrons. The molecule has 2 heterocycles. The van der Waals surface area contributed by atoms with Gasteiger partial charge in [0.25, 0.3) is 0 Å². The van der Waals surface area contributed by atoms with Crippen LogP contribution in [0.15, 0.2) is 47.1 Å². The first-order valence-corrected chi connectivity index (χ1v) is 6.09. The molecule has 0 amide bonds. The van der Waals surface area contributed by atoms with Gasteiger partial charge in [0.15, 0.2) is 0 Å². The second-order valence-electron chi connectivity index (χ2n) is 4.95. The summed E-state index contributed by atoms with van der Waals surface area (Å²) in [6.07, 6.45) is 2.74. The van der Waals surface area contributed by atoms with Crippen molar-refractivity contribution < 1.29 is 4.42 Å². The first kappa shape index (κ1) is 10.6. The van der Waals surface area contributed by atoms with E-state index in [2.05, 4.69) is 42.6 Å². The maximum absolute atomic E-state index is 5.50. The third kappa shape index (κ3) is 1.79. The highest BCUT2D eigenvalue weighted by Gasteiger charge is 2.40. The second-order valence-corrected chi connectivity index (χ2v) is 4.95. The Morgan fingerprint density at radius 1 is 1.18 bits per heavy atom. The van der Waals surface area contributed by atoms with Gasteiger partial charge in [0.2, 0.25) is 0 Å². The zero-order valence-electron chi connectivity index (χ0n) is 10.1. The van der Waals surface area contributed by atoms with Crippen LogP contribution in [-0.4, -0.2) is 13.1 Å². The Morgan fingerprint density at radius 3 is 2.59 bits per heavy atom. The fourth-order valence-electron chi connectivity index (χ4n) is 2.75. The number of benzene rings is 1. The smallest absolute Gasteiger partial charge is 0.104 e. The van der Waals surface area contributed by atoms with E-state index in [1.165, 1.54) is 11.1 Å². The Hall–Kier alpha value is -1.54. The molecule has 0 unspecified atom stereocenters. The van der Waals surface area contributed by atoms with Crippen LogP contribution in [0.25, 0.3) is 0 Å². The van der Waals surface area contributed by atoms with Crippen molar-refractivity contribution in [2.24, 2.45) is 0 Å². The van der Waals surface area contributed by atoms with E-state index < -0.39 is 0 Å². The molecule has 0 radical (unpaired) electrons. The minimum absolute atomic E-state index is 0.225. The summed E-state index contributed by atoms with van der Waals surface area (Å²) in [6, 6.07) is 12.7. The van der Waals surface area contributed by atoms with Crippen LogP contribution in [0.1, 0.15) is 16.9 Å². The minimum Gasteiger partial charge on any atom is -0.469 e. The van der Waals surface area contributed by atoms with Crippen LogP contribution in [0.5, 0.6) is 0 Å². The molecule has 1 aromatic heterocycles. The zero-order valence-corrected chi connectivity index (χ0v) is 10.1. The topological polar surface area (TPSA) is 25.2 Å². The lowest BCUT2D eigenvalue weighted by molar-refractivity contribution is 0.257. The van der Waals surface area contributed by atoms with Crippen molar-refractivity contribution in [1.29, 1.82) is 0 Å². The van der Waals surface area contributed by atoms with Crippen molar-refractivity contribution in [3.05, 3.63) is 59.5 Å². The lowest BCUT2D eigenvalue weighted by atomic mass is 9.70. The zero-order chi connectivity index (χ0) is 11.7. The van der Waals surface area contributed by atoms with Crippen molar-refractivity contribution in [1.82, 2.24) is 5.32 Å². The van der Waals surface area contributed by atoms with E-state index >= 15 is 0 Å². The third-order valence-electron chi connectivity index (χ3n) is 3.74. The maximum atomic E-state index is 5.50. The maximum Gasteiger partial charge on any atom is 0.104 e. The highest BCUT2D eigenvalue weighted by molar-refractivity contribution is 5.37. The highest BCUT2D eigenvalue weighted by atomic mass is 16.3. The van der Waals surface area contributed by atoms with Crippen LogP contribution in [0, 0.1) is 6.92 Å². The van der Waals surface area contributed by atoms with Crippen molar-refractivity contribution in [3.63, 3.8) is 0 Å². The monoisotopic (exact) mass is 227 g/mol. The lowest BCUT2D eigenvalue weighted by Crippen LogP contribution is -2.58. The number of hydrogen-bond acceptors (Lipinski definition) is 2. The summed E-state index contributed by atoms with van der Waals surface area (Å²) in [6.45, 7) is 4.27. The van der Waals surface area contributed by atoms with Gasteiger partial charge in [-0.3, -0.25) is 0 Å². The Balaban J connectivity index is 1.95. The fourth-order valence-corrected chi connectivity index (χ4v) is 2.75. The lowest BCUT2D eigenvalue weighted by Gasteiger charge is -2.43. The summed E-state index contributed by atoms with van der Waals surface area (Å²) >= 11 is 0. The molecular formula is C15H17NO. The van der Waals surface area contributed by atoms with Crippen LogP contribution in [-0.2, 0) is 11.8 Å². The molecule has 0 bridgehead atoms. The first-order chi connectivity index (χ1) is 8.30. The number of hydrogen-bond donors (Lipinski definition) is 1. The molecule has 1 aliphatic rings. The predicted octanol–water partition coefficient (Wildman–Crippen LogP) is 2.67. The minimum atomic E-state index is 0.225. The van der Waals surface area contributed by atoms with Crippen LogP contribution < -0.4 is 5.32 Å². The van der Waals surface area contributed by atoms with Crippen molar-refractivity contribution in [2.45, 2.75) is 18.8 Å². The summed E-state index contributed by atoms with van der Waals surface area (Å²) in [5.74, 6) is 1.08. The highest BCUT2D eigenvalue weighted by Crippen LogP contribution is 2.34. The molecule has 3 rings (SSSR count). The number of rotatable bonds is 3. The van der Waals surface area contributed by atoms with Crippen molar-refractivity contribution >= 4 is 0 Å². The van der Waals surface area contributed by atoms with E-state index in [1.807, 2.05) is 6.07 Å². The number of nitrogens with one attached hydrogen (secondary N) is 1. The van der Waals surface area contributed by atoms with Gasteiger partial charge in [0.05, 0.1) is 6.26 Å². The van der Waals surface area contributed by atoms with E-state index in [1.54, 1.807) is 6.26 Å². The van der Waals surface area contributed by atoms with Gasteiger partial charge in [-0.1, -0.05) is 24.3 Å². The Morgan fingerprint density at radius 2 is 2.00 bits per heavy atom. The van der Waals surface area contributed by atoms with Gasteiger partial charge in [-0.15, -0.1) is 0 Å². The third-order valence-corrected chi connectivity index (χ3v) is 3.74. The summed E-state index contributed by atoms with van der Waals surface area (Å²) in [4.78, 5) is 0. The van der Waals surface area contributed by atoms with Crippen molar-refractivity contribution in [3.8, 4) is 0 Å². The molecule has 2 nitrogen and oxygen atoms in total. The molecule has 0 spiro atoms. The van der Waals surface area contributed by atoms with Gasteiger partial charge in [-0.25, -0.2) is 0 Å². The molecule has 0 saturated carbocycles. The van der Waals surface area contributed by atoms with Crippen LogP contribution in [0.3, 0.4) is 0 Å². The van der Waals surface area contributed by atoms with E-state index in [9.17, 15) is 0 Å². The van der Waals surface area contributed by atoms with Gasteiger partial charge < -0.3 is 9.73 Å². The fraction of sp³-hybridized carbons (Fsp3) is 0.333. The SMILES string of the molecule is Cc1ccccc1C1(Cc2ccco2)CNC1. The van der Waals surface area contributed by atoms with Gasteiger partial charge >= 0.3 is 0 Å². The van der Waals surface area contributed by atoms with Crippen LogP contribution >= 0.6 is 0 Å². The Labute approximate surface area is 102 Å². The van der Waals surface area contributed by atoms with Gasteiger partial charge in [-0.2, -0.15) is 0 Å². The summed E-state index contributed by atoms with van der Waals surface area (Å²) in [5.41, 5.74) is 3.05. The molecule has 1 fully saturated rings. The normalized spacial score (nSPS) is 17.7. The van der Waals surface area contributed by atoms with Gasteiger partial charge in [-0.05, 0) is 30.2 Å². The molecule has 2 aromatic rings. The summed E-state index contributed by atoms with van der Waals surface area (Å²) in [5, 5.41) is 3.40. The molecule has 1 saturated heterocycles. The van der Waals surface area contributed by atoms with Crippen molar-refractivity contribution in [2.75, 3.05) is 13.1 Å². The first-order valence-electron chi connectivity index (χ1n) is 6.09. The molecule has 1 aliphatic heterocycles. The Kier molecular flexibility index (Phi) is 2.52. The second kappa shape index (κ2) is 4.04. The van der Waals surface area contributed by atoms with E-state index in [0.717, 1.165) is 25.3 Å². The summed E-state index contributed by atoms with van der Waals surface area (Å²) < 4.78 is 5.50. The Bertz CT molecular complexity index is 497. The molecule has 1 aromatic carbocycles. The van der Waals surface area contributed by atoms with E-state index in [0.29, 0.717) is 0 Å². The van der Waals surface area contributed by atoms with E-state index in [4.69, 9.17) is 4.42 Å². The molecular weight excluding hydrogens is 210 g/mol. The quantitative estimate of drug-likeness (QED) is 0.872. The van der Waals surface area contributed by atoms with Crippen LogP contribution in [0.4, 0.5) is 0 Å². The average Bonchev–Trinajstić information content (AvgIpc) is 2.77. The van der Waals surface area contributed by atoms with Crippen LogP contribution in [0.2, 0.25) is 0 Å². The number of furan rings is 1. The number of aryl methyl sites for hydroxylation is 1. The molecule has 2 heteroatoms. The molecule has 17 heavy (non-hydrogen) atoms. The largest absolute Gasteiger partial charge is 0.469 e. The predicted molar refractivity (Wildman–Crippen MR) is 68.1 cm³/mol. The summed E-state index contributed by atoms with van der Waals surface area (Å²) in [7, 11) is 0. The molecule has 1 N–H and O–H groups in total.